The van der Waals surface area contributed by atoms with Crippen LogP contribution in [-0.2, 0) is 55.8 Å². The number of likely N-dealkylation sites (tertiary alicyclic amines) is 2. The first kappa shape index (κ1) is 65.6. The largest absolute Gasteiger partial charge is 0.508 e. The van der Waals surface area contributed by atoms with E-state index in [2.05, 4.69) is 49.9 Å². The van der Waals surface area contributed by atoms with Gasteiger partial charge in [0, 0.05) is 88.0 Å². The zero-order chi connectivity index (χ0) is 62.3. The van der Waals surface area contributed by atoms with Crippen LogP contribution in [0.3, 0.4) is 0 Å². The van der Waals surface area contributed by atoms with Crippen LogP contribution in [0.4, 0.5) is 11.5 Å². The number of rotatable bonds is 28. The number of carbonyl (C=O) groups excluding carboxylic acids is 4. The Morgan fingerprint density at radius 2 is 1.51 bits per heavy atom. The molecule has 23 heteroatoms. The van der Waals surface area contributed by atoms with Gasteiger partial charge in [-0.1, -0.05) is 75.9 Å². The summed E-state index contributed by atoms with van der Waals surface area (Å²) in [6.07, 6.45) is 3.04. The van der Waals surface area contributed by atoms with Gasteiger partial charge in [0.05, 0.1) is 99.4 Å². The number of ether oxygens (including phenoxy) is 6. The zero-order valence-electron chi connectivity index (χ0n) is 51.8. The van der Waals surface area contributed by atoms with Crippen LogP contribution >= 0.6 is 11.3 Å². The van der Waals surface area contributed by atoms with Crippen molar-refractivity contribution in [1.82, 2.24) is 40.3 Å². The van der Waals surface area contributed by atoms with E-state index in [1.165, 1.54) is 11.0 Å². The fraction of sp³-hybridized carbons (Fsp3) is 0.554. The molecule has 0 radical (unpaired) electrons. The van der Waals surface area contributed by atoms with Crippen LogP contribution in [0.25, 0.3) is 21.2 Å². The smallest absolute Gasteiger partial charge is 0.318 e. The number of anilines is 2. The summed E-state index contributed by atoms with van der Waals surface area (Å²) in [7, 11) is 0. The van der Waals surface area contributed by atoms with Crippen molar-refractivity contribution in [1.29, 1.82) is 0 Å². The van der Waals surface area contributed by atoms with Gasteiger partial charge < -0.3 is 68.9 Å². The molecule has 0 aliphatic carbocycles. The molecule has 0 spiro atoms. The fourth-order valence-corrected chi connectivity index (χ4v) is 12.7. The number of aliphatic hydroxyl groups is 1. The highest BCUT2D eigenvalue weighted by Crippen LogP contribution is 2.37. The highest BCUT2D eigenvalue weighted by Gasteiger charge is 2.45. The molecule has 4 amide bonds. The maximum atomic E-state index is 14.1. The molecule has 0 unspecified atom stereocenters. The van der Waals surface area contributed by atoms with Gasteiger partial charge in [0.15, 0.2) is 0 Å². The van der Waals surface area contributed by atoms with Crippen LogP contribution < -0.4 is 25.2 Å². The molecule has 9 rings (SSSR count). The number of phenolic OH excluding ortho intramolecular Hbond substituents is 1. The number of fused-ring (bicyclic) bond motifs is 2. The Bertz CT molecular complexity index is 3150. The lowest BCUT2D eigenvalue weighted by molar-refractivity contribution is -0.144. The Balaban J connectivity index is 0.618. The number of piperazine rings is 1. The van der Waals surface area contributed by atoms with E-state index >= 15 is 0 Å². The first-order valence-electron chi connectivity index (χ1n) is 30.9. The van der Waals surface area contributed by atoms with E-state index < -0.39 is 35.4 Å². The molecule has 4 aliphatic rings. The number of aromatic nitrogens is 3. The number of hydrogen-bond acceptors (Lipinski definition) is 19. The molecule has 4 aliphatic heterocycles. The average molecular weight is 1230 g/mol. The lowest BCUT2D eigenvalue weighted by Gasteiger charge is -2.38. The third kappa shape index (κ3) is 17.5. The number of benzene rings is 3. The molecule has 0 bridgehead atoms. The molecule has 6 heterocycles. The van der Waals surface area contributed by atoms with Crippen molar-refractivity contribution in [2.24, 2.45) is 5.41 Å². The summed E-state index contributed by atoms with van der Waals surface area (Å²) in [4.78, 5) is 78.9. The zero-order valence-corrected chi connectivity index (χ0v) is 52.6. The van der Waals surface area contributed by atoms with Crippen LogP contribution in [0.5, 0.6) is 11.8 Å². The van der Waals surface area contributed by atoms with Gasteiger partial charge in [0.1, 0.15) is 36.4 Å². The Morgan fingerprint density at radius 1 is 0.830 bits per heavy atom. The summed E-state index contributed by atoms with van der Waals surface area (Å²) in [5, 5.41) is 29.2. The lowest BCUT2D eigenvalue weighted by atomic mass is 9.85. The Hall–Kier alpha value is -6.83. The maximum Gasteiger partial charge on any atom is 0.318 e. The standard InChI is InChI=1S/C65H88N10O12S/c1-8-58(79)72-23-25-73(26-24-72)61-53-19-22-74(55-36-49(76)35-48-11-9-10-12-52(48)55)40-54(53)68-64(70-61)87-43(2)38-71-20-17-51(18-21-71)86-34-33-84-30-29-82-27-28-83-31-32-85-41-57(78)69-60(65(5,6)7)63(81)75-39-50(77)37-56(75)62(80)67-44(3)46-13-15-47(16-14-46)59-45(4)66-42-88-59/h8-16,35-36,42-44,50-51,56,60,76-77H,1,17-34,37-41H2,2-7H3,(H,67,80)(H,69,78)/t43-,44+,50-,56+,60-/m1/s1. The minimum Gasteiger partial charge on any atom is -0.508 e. The minimum atomic E-state index is -0.977. The predicted molar refractivity (Wildman–Crippen MR) is 337 cm³/mol. The number of carbonyl (C=O) groups is 4. The van der Waals surface area contributed by atoms with E-state index in [4.69, 9.17) is 38.4 Å². The van der Waals surface area contributed by atoms with Crippen molar-refractivity contribution < 1.29 is 57.8 Å². The van der Waals surface area contributed by atoms with Crippen LogP contribution in [0.15, 0.2) is 78.8 Å². The first-order chi connectivity index (χ1) is 42.4. The summed E-state index contributed by atoms with van der Waals surface area (Å²) < 4.78 is 35.4. The molecule has 0 saturated carbocycles. The Kier molecular flexibility index (Phi) is 23.2. The average Bonchev–Trinajstić information content (AvgIpc) is 1.18. The second-order valence-electron chi connectivity index (χ2n) is 24.2. The molecular weight excluding hydrogens is 1140 g/mol. The number of aromatic hydroxyl groups is 1. The van der Waals surface area contributed by atoms with Crippen LogP contribution in [0.2, 0.25) is 0 Å². The molecule has 3 fully saturated rings. The van der Waals surface area contributed by atoms with Gasteiger partial charge in [-0.2, -0.15) is 9.97 Å². The van der Waals surface area contributed by atoms with E-state index in [0.717, 1.165) is 94.1 Å². The van der Waals surface area contributed by atoms with Crippen molar-refractivity contribution in [2.75, 3.05) is 128 Å². The SMILES string of the molecule is C=CC(=O)N1CCN(c2nc(O[C@H](C)CN3CCC(OCCOCCOCCOCCOCC(=O)N[C@H](C(=O)N4C[C@H](O)C[C@H]4C(=O)N[C@@H](C)c4ccc(-c5scnc5C)cc4)C(C)(C)C)CC3)nc3c2CCN(c2cc(O)cc4ccccc24)C3)CC1. The van der Waals surface area contributed by atoms with Gasteiger partial charge in [0.2, 0.25) is 23.6 Å². The molecule has 88 heavy (non-hydrogen) atoms. The van der Waals surface area contributed by atoms with E-state index in [1.807, 2.05) is 93.6 Å². The number of nitrogens with zero attached hydrogens (tertiary/aromatic N) is 8. The van der Waals surface area contributed by atoms with Gasteiger partial charge in [-0.05, 0) is 74.1 Å². The number of nitrogens with one attached hydrogen (secondary N) is 2. The highest BCUT2D eigenvalue weighted by atomic mass is 32.1. The summed E-state index contributed by atoms with van der Waals surface area (Å²) in [6.45, 7) is 23.8. The molecule has 476 valence electrons. The van der Waals surface area contributed by atoms with Crippen molar-refractivity contribution in [3.63, 3.8) is 0 Å². The van der Waals surface area contributed by atoms with E-state index in [9.17, 15) is 29.4 Å². The molecule has 3 saturated heterocycles. The summed E-state index contributed by atoms with van der Waals surface area (Å²) in [6, 6.07) is 17.7. The van der Waals surface area contributed by atoms with Crippen LogP contribution in [-0.4, -0.2) is 212 Å². The third-order valence-electron chi connectivity index (χ3n) is 16.6. The van der Waals surface area contributed by atoms with Crippen molar-refractivity contribution >= 4 is 57.2 Å². The minimum absolute atomic E-state index is 0.0255. The molecule has 3 aromatic carbocycles. The number of aliphatic hydroxyl groups excluding tert-OH is 1. The topological polar surface area (TPSA) is 243 Å². The van der Waals surface area contributed by atoms with Crippen molar-refractivity contribution in [3.8, 4) is 22.2 Å². The van der Waals surface area contributed by atoms with Crippen molar-refractivity contribution in [3.05, 3.63) is 101 Å². The number of amides is 4. The number of hydrogen-bond donors (Lipinski definition) is 4. The molecule has 5 atom stereocenters. The number of piperidine rings is 1. The molecule has 5 aromatic rings. The second-order valence-corrected chi connectivity index (χ2v) is 25.1. The third-order valence-corrected chi connectivity index (χ3v) is 17.6. The van der Waals surface area contributed by atoms with E-state index in [1.54, 1.807) is 17.4 Å². The molecule has 2 aromatic heterocycles. The Labute approximate surface area is 520 Å². The first-order valence-corrected chi connectivity index (χ1v) is 31.7. The maximum absolute atomic E-state index is 14.1. The van der Waals surface area contributed by atoms with E-state index in [-0.39, 0.29) is 68.6 Å². The quantitative estimate of drug-likeness (QED) is 0.0339. The predicted octanol–water partition coefficient (Wildman–Crippen LogP) is 5.85. The summed E-state index contributed by atoms with van der Waals surface area (Å²) in [5.74, 6) is -0.294. The number of thiazole rings is 1. The summed E-state index contributed by atoms with van der Waals surface area (Å²) in [5.41, 5.74) is 6.95. The molecule has 22 nitrogen and oxygen atoms in total. The lowest BCUT2D eigenvalue weighted by Crippen LogP contribution is -2.58. The fourth-order valence-electron chi connectivity index (χ4n) is 11.9. The summed E-state index contributed by atoms with van der Waals surface area (Å²) >= 11 is 1.57. The van der Waals surface area contributed by atoms with Gasteiger partial charge in [0.25, 0.3) is 0 Å². The number of phenols is 1. The molecule has 4 N–H and O–H groups in total. The highest BCUT2D eigenvalue weighted by molar-refractivity contribution is 7.13. The molecular formula is C65H88N10O12S. The Morgan fingerprint density at radius 3 is 2.18 bits per heavy atom. The van der Waals surface area contributed by atoms with Gasteiger partial charge in [-0.3, -0.25) is 24.1 Å². The van der Waals surface area contributed by atoms with Crippen LogP contribution in [0.1, 0.15) is 82.4 Å². The monoisotopic (exact) mass is 1230 g/mol. The van der Waals surface area contributed by atoms with Crippen molar-refractivity contribution in [2.45, 2.75) is 110 Å². The number of β-amino-alcohol motifs (C(OH)–C–C–N with tert-alkyl or cyclic N) is 1. The van der Waals surface area contributed by atoms with Crippen LogP contribution in [0, 0.1) is 12.3 Å². The number of aryl methyl sites for hydroxylation is 1. The normalized spacial score (nSPS) is 18.7. The van der Waals surface area contributed by atoms with Gasteiger partial charge in [-0.15, -0.1) is 11.3 Å². The van der Waals surface area contributed by atoms with E-state index in [0.29, 0.717) is 84.9 Å². The second kappa shape index (κ2) is 31.1. The van der Waals surface area contributed by atoms with Gasteiger partial charge in [-0.25, -0.2) is 4.98 Å². The van der Waals surface area contributed by atoms with Gasteiger partial charge >= 0.3 is 6.01 Å².